The average Bonchev–Trinajstić information content (AvgIpc) is 3.17. The number of urea groups is 1. The maximum absolute atomic E-state index is 13.1. The van der Waals surface area contributed by atoms with Crippen molar-refractivity contribution < 1.29 is 24.0 Å². The normalized spacial score (nSPS) is 33.7. The fraction of sp³-hybridized carbons (Fsp3) is 0.333. The second-order valence-corrected chi connectivity index (χ2v) is 7.37. The number of carbonyl (C=O) groups excluding carboxylic acids is 2. The molecule has 9 heteroatoms. The molecular weight excluding hydrogens is 427 g/mol. The number of hydrogen-bond donors (Lipinski definition) is 1. The summed E-state index contributed by atoms with van der Waals surface area (Å²) in [7, 11) is 0. The van der Waals surface area contributed by atoms with Gasteiger partial charge in [0.2, 0.25) is 6.04 Å². The lowest BCUT2D eigenvalue weighted by Crippen LogP contribution is -2.62. The number of aliphatic carboxylic acids is 1. The second-order valence-electron chi connectivity index (χ2n) is 6.21. The van der Waals surface area contributed by atoms with E-state index in [0.29, 0.717) is 21.4 Å². The number of hydrogen-bond acceptors (Lipinski definition) is 5. The lowest BCUT2D eigenvalue weighted by molar-refractivity contribution is -0.853. The van der Waals surface area contributed by atoms with Crippen molar-refractivity contribution >= 4 is 46.2 Å². The summed E-state index contributed by atoms with van der Waals surface area (Å²) in [6.07, 6.45) is 0. The molecule has 3 saturated heterocycles. The third kappa shape index (κ3) is 1.76. The van der Waals surface area contributed by atoms with Crippen LogP contribution in [0.2, 0.25) is 0 Å². The zero-order chi connectivity index (χ0) is 17.2. The van der Waals surface area contributed by atoms with Crippen LogP contribution >= 0.6 is 22.6 Å². The summed E-state index contributed by atoms with van der Waals surface area (Å²) in [6.45, 7) is 0.942. The van der Waals surface area contributed by atoms with Gasteiger partial charge in [-0.05, 0) is 40.8 Å². The Morgan fingerprint density at radius 3 is 2.75 bits per heavy atom. The van der Waals surface area contributed by atoms with Crippen LogP contribution in [0.25, 0.3) is 0 Å². The van der Waals surface area contributed by atoms with Gasteiger partial charge in [-0.3, -0.25) is 4.79 Å². The molecule has 4 rings (SSSR count). The van der Waals surface area contributed by atoms with Crippen molar-refractivity contribution in [1.29, 1.82) is 5.26 Å². The van der Waals surface area contributed by atoms with E-state index < -0.39 is 24.1 Å². The van der Waals surface area contributed by atoms with Crippen molar-refractivity contribution in [2.45, 2.75) is 12.1 Å². The molecule has 4 atom stereocenters. The molecule has 3 aliphatic heterocycles. The Balaban J connectivity index is 1.79. The molecule has 0 aliphatic carbocycles. The van der Waals surface area contributed by atoms with Crippen LogP contribution in [0.15, 0.2) is 18.2 Å². The second kappa shape index (κ2) is 4.98. The molecule has 3 amide bonds. The average molecular weight is 439 g/mol. The van der Waals surface area contributed by atoms with Gasteiger partial charge in [0.25, 0.3) is 5.91 Å². The zero-order valence-electron chi connectivity index (χ0n) is 12.3. The number of quaternary nitrogens is 1. The molecule has 1 N–H and O–H groups in total. The van der Waals surface area contributed by atoms with E-state index in [9.17, 15) is 19.5 Å². The number of carboxylic acids is 1. The minimum absolute atomic E-state index is 0.260. The number of benzene rings is 1. The molecule has 8 nitrogen and oxygen atoms in total. The van der Waals surface area contributed by atoms with E-state index in [-0.39, 0.29) is 23.6 Å². The number of halogens is 1. The van der Waals surface area contributed by atoms with Crippen LogP contribution in [-0.4, -0.2) is 64.2 Å². The number of imide groups is 1. The molecule has 122 valence electrons. The molecule has 1 aromatic carbocycles. The van der Waals surface area contributed by atoms with E-state index in [2.05, 4.69) is 0 Å². The third-order valence-corrected chi connectivity index (χ3v) is 5.97. The fourth-order valence-corrected chi connectivity index (χ4v) is 4.61. The predicted molar refractivity (Wildman–Crippen MR) is 88.7 cm³/mol. The first-order valence-electron chi connectivity index (χ1n) is 7.31. The lowest BCUT2D eigenvalue weighted by Gasteiger charge is -2.30. The molecule has 0 saturated carbocycles. The molecule has 3 heterocycles. The van der Waals surface area contributed by atoms with Crippen molar-refractivity contribution in [3.8, 4) is 6.07 Å². The highest BCUT2D eigenvalue weighted by atomic mass is 127. The number of piperazine rings is 1. The SMILES string of the molecule is N#Cc1ccc(N2C(=O)C3CN4CC(C(=O)O)[N+]3(C4)C2=O)cc1I. The van der Waals surface area contributed by atoms with Gasteiger partial charge in [-0.25, -0.2) is 19.0 Å². The van der Waals surface area contributed by atoms with E-state index in [0.717, 1.165) is 4.90 Å². The number of fused-ring (bicyclic) bond motifs is 1. The molecule has 4 unspecified atom stereocenters. The first kappa shape index (κ1) is 15.5. The Hall–Kier alpha value is -2.03. The smallest absolute Gasteiger partial charge is 0.433 e. The number of anilines is 1. The van der Waals surface area contributed by atoms with Gasteiger partial charge in [0.05, 0.1) is 24.3 Å². The lowest BCUT2D eigenvalue weighted by atomic mass is 10.1. The van der Waals surface area contributed by atoms with E-state index in [1.807, 2.05) is 33.6 Å². The van der Waals surface area contributed by atoms with Gasteiger partial charge in [-0.15, -0.1) is 0 Å². The molecule has 1 spiro atoms. The minimum Gasteiger partial charge on any atom is -0.477 e. The van der Waals surface area contributed by atoms with Crippen molar-refractivity contribution in [1.82, 2.24) is 4.90 Å². The quantitative estimate of drug-likeness (QED) is 0.411. The molecule has 3 aliphatic rings. The predicted octanol–water partition coefficient (Wildman–Crippen LogP) is 0.555. The summed E-state index contributed by atoms with van der Waals surface area (Å²) < 4.78 is 0.295. The standard InChI is InChI=1S/C15H11IN4O4/c16-10-3-9(2-1-8(10)4-17)19-13(21)11-5-18-6-12(14(22)23)20(11,7-18)15(19)24/h1-3,11-12H,5-7H2/p+1. The highest BCUT2D eigenvalue weighted by Gasteiger charge is 2.73. The number of carboxylic acid groups (broad SMARTS) is 1. The molecule has 1 aromatic rings. The molecule has 3 fully saturated rings. The van der Waals surface area contributed by atoms with Crippen LogP contribution < -0.4 is 4.90 Å². The molecular formula is C15H12IN4O4+. The van der Waals surface area contributed by atoms with Gasteiger partial charge in [0.15, 0.2) is 6.04 Å². The summed E-state index contributed by atoms with van der Waals surface area (Å²) in [4.78, 5) is 40.4. The summed E-state index contributed by atoms with van der Waals surface area (Å²) >= 11 is 1.98. The van der Waals surface area contributed by atoms with Crippen LogP contribution in [-0.2, 0) is 9.59 Å². The first-order valence-corrected chi connectivity index (χ1v) is 8.38. The minimum atomic E-state index is -1.06. The number of nitriles is 1. The van der Waals surface area contributed by atoms with Gasteiger partial charge in [0.1, 0.15) is 12.7 Å². The van der Waals surface area contributed by atoms with Crippen LogP contribution in [0.5, 0.6) is 0 Å². The van der Waals surface area contributed by atoms with Crippen molar-refractivity contribution in [3.05, 3.63) is 27.3 Å². The Morgan fingerprint density at radius 1 is 1.38 bits per heavy atom. The summed E-state index contributed by atoms with van der Waals surface area (Å²) in [5.74, 6) is -1.42. The molecule has 0 radical (unpaired) electrons. The summed E-state index contributed by atoms with van der Waals surface area (Å²) in [6, 6.07) is 4.70. The van der Waals surface area contributed by atoms with E-state index in [1.165, 1.54) is 0 Å². The van der Waals surface area contributed by atoms with E-state index in [1.54, 1.807) is 18.2 Å². The third-order valence-electron chi connectivity index (χ3n) is 5.08. The summed E-state index contributed by atoms with van der Waals surface area (Å²) in [5.41, 5.74) is 0.847. The van der Waals surface area contributed by atoms with Gasteiger partial charge in [-0.2, -0.15) is 10.2 Å². The van der Waals surface area contributed by atoms with Crippen molar-refractivity contribution in [2.24, 2.45) is 0 Å². The molecule has 24 heavy (non-hydrogen) atoms. The number of rotatable bonds is 2. The van der Waals surface area contributed by atoms with Crippen molar-refractivity contribution in [3.63, 3.8) is 0 Å². The highest BCUT2D eigenvalue weighted by molar-refractivity contribution is 14.1. The Kier molecular flexibility index (Phi) is 3.22. The van der Waals surface area contributed by atoms with Crippen LogP contribution in [0, 0.1) is 14.9 Å². The van der Waals surface area contributed by atoms with Gasteiger partial charge in [0, 0.05) is 3.57 Å². The van der Waals surface area contributed by atoms with Gasteiger partial charge >= 0.3 is 12.0 Å². The van der Waals surface area contributed by atoms with Crippen LogP contribution in [0.4, 0.5) is 10.5 Å². The number of carbonyl (C=O) groups is 3. The van der Waals surface area contributed by atoms with Crippen molar-refractivity contribution in [2.75, 3.05) is 24.7 Å². The summed E-state index contributed by atoms with van der Waals surface area (Å²) in [5, 5.41) is 18.5. The maximum Gasteiger partial charge on any atom is 0.433 e. The van der Waals surface area contributed by atoms with E-state index in [4.69, 9.17) is 5.26 Å². The largest absolute Gasteiger partial charge is 0.477 e. The fourth-order valence-electron chi connectivity index (χ4n) is 3.99. The first-order chi connectivity index (χ1) is 11.4. The monoisotopic (exact) mass is 439 g/mol. The van der Waals surface area contributed by atoms with Gasteiger partial charge in [-0.1, -0.05) is 0 Å². The Bertz CT molecular complexity index is 850. The van der Waals surface area contributed by atoms with Gasteiger partial charge < -0.3 is 5.11 Å². The Labute approximate surface area is 150 Å². The Morgan fingerprint density at radius 2 is 2.12 bits per heavy atom. The van der Waals surface area contributed by atoms with Crippen LogP contribution in [0.1, 0.15) is 5.56 Å². The number of amides is 3. The number of nitrogens with zero attached hydrogens (tertiary/aromatic N) is 4. The molecule has 0 aromatic heterocycles. The van der Waals surface area contributed by atoms with E-state index >= 15 is 0 Å². The maximum atomic E-state index is 13.1. The zero-order valence-corrected chi connectivity index (χ0v) is 14.5. The highest BCUT2D eigenvalue weighted by Crippen LogP contribution is 2.43. The van der Waals surface area contributed by atoms with Crippen LogP contribution in [0.3, 0.4) is 0 Å². The molecule has 2 bridgehead atoms. The topological polar surface area (TPSA) is 102 Å².